The molecule has 0 fully saturated rings. The van der Waals surface area contributed by atoms with Gasteiger partial charge in [-0.15, -0.1) is 11.3 Å². The fourth-order valence-corrected chi connectivity index (χ4v) is 4.42. The van der Waals surface area contributed by atoms with E-state index in [1.54, 1.807) is 24.8 Å². The van der Waals surface area contributed by atoms with Crippen LogP contribution in [-0.4, -0.2) is 28.2 Å². The summed E-state index contributed by atoms with van der Waals surface area (Å²) in [4.78, 5) is 23.4. The van der Waals surface area contributed by atoms with Gasteiger partial charge >= 0.3 is 0 Å². The van der Waals surface area contributed by atoms with E-state index in [1.165, 1.54) is 22.2 Å². The second-order valence-electron chi connectivity index (χ2n) is 5.62. The molecule has 1 atom stereocenters. The van der Waals surface area contributed by atoms with Gasteiger partial charge in [0.25, 0.3) is 0 Å². The van der Waals surface area contributed by atoms with Crippen LogP contribution in [0.5, 0.6) is 5.75 Å². The molecule has 5 nitrogen and oxygen atoms in total. The third-order valence-corrected chi connectivity index (χ3v) is 6.16. The maximum atomic E-state index is 12.5. The number of aryl methyl sites for hydroxylation is 2. The Morgan fingerprint density at radius 2 is 1.96 bits per heavy atom. The van der Waals surface area contributed by atoms with Gasteiger partial charge in [-0.1, -0.05) is 11.8 Å². The molecule has 0 saturated carbocycles. The van der Waals surface area contributed by atoms with E-state index in [4.69, 9.17) is 4.74 Å². The number of methoxy groups -OCH3 is 1. The summed E-state index contributed by atoms with van der Waals surface area (Å²) < 4.78 is 5.12. The van der Waals surface area contributed by atoms with Crippen LogP contribution in [-0.2, 0) is 4.79 Å². The van der Waals surface area contributed by atoms with Gasteiger partial charge in [0.2, 0.25) is 5.91 Å². The molecular weight excluding hydrogens is 354 g/mol. The maximum Gasteiger partial charge on any atom is 0.237 e. The molecule has 0 radical (unpaired) electrons. The number of nitrogens with zero attached hydrogens (tertiary/aromatic N) is 2. The van der Waals surface area contributed by atoms with Gasteiger partial charge in [0.05, 0.1) is 12.4 Å². The molecule has 0 aliphatic rings. The number of carbonyl (C=O) groups excluding carboxylic acids is 1. The Bertz CT molecular complexity index is 907. The van der Waals surface area contributed by atoms with Crippen LogP contribution in [0, 0.1) is 13.8 Å². The van der Waals surface area contributed by atoms with Crippen molar-refractivity contribution in [3.8, 4) is 5.75 Å². The van der Waals surface area contributed by atoms with Crippen molar-refractivity contribution in [2.45, 2.75) is 31.0 Å². The number of carbonyl (C=O) groups is 1. The van der Waals surface area contributed by atoms with Crippen molar-refractivity contribution in [3.05, 3.63) is 41.0 Å². The summed E-state index contributed by atoms with van der Waals surface area (Å²) in [6.45, 7) is 6.03. The Balaban J connectivity index is 1.75. The normalized spacial score (nSPS) is 12.2. The first-order chi connectivity index (χ1) is 12.0. The zero-order valence-corrected chi connectivity index (χ0v) is 16.1. The summed E-state index contributed by atoms with van der Waals surface area (Å²) in [5.41, 5.74) is 1.93. The van der Waals surface area contributed by atoms with Crippen LogP contribution in [0.3, 0.4) is 0 Å². The number of hydrogen-bond acceptors (Lipinski definition) is 6. The lowest BCUT2D eigenvalue weighted by Gasteiger charge is -2.12. The Labute approximate surface area is 154 Å². The molecule has 2 heterocycles. The SMILES string of the molecule is COc1ccc(NC(=O)C(C)Sc2ncnc3sc(C)c(C)c23)cc1. The quantitative estimate of drug-likeness (QED) is 0.529. The van der Waals surface area contributed by atoms with Crippen molar-refractivity contribution < 1.29 is 9.53 Å². The highest BCUT2D eigenvalue weighted by Gasteiger charge is 2.19. The van der Waals surface area contributed by atoms with E-state index in [0.29, 0.717) is 0 Å². The average Bonchev–Trinajstić information content (AvgIpc) is 2.90. The number of anilines is 1. The molecule has 1 amide bonds. The van der Waals surface area contributed by atoms with E-state index in [1.807, 2.05) is 31.2 Å². The van der Waals surface area contributed by atoms with Gasteiger partial charge in [0.1, 0.15) is 21.9 Å². The number of ether oxygens (including phenoxy) is 1. The summed E-state index contributed by atoms with van der Waals surface area (Å²) in [6.07, 6.45) is 1.56. The van der Waals surface area contributed by atoms with Crippen LogP contribution >= 0.6 is 23.1 Å². The molecule has 1 N–H and O–H groups in total. The smallest absolute Gasteiger partial charge is 0.237 e. The second kappa shape index (κ2) is 7.41. The van der Waals surface area contributed by atoms with Crippen LogP contribution in [0.4, 0.5) is 5.69 Å². The number of benzene rings is 1. The molecule has 3 aromatic rings. The number of hydrogen-bond donors (Lipinski definition) is 1. The lowest BCUT2D eigenvalue weighted by Crippen LogP contribution is -2.22. The second-order valence-corrected chi connectivity index (χ2v) is 8.15. The van der Waals surface area contributed by atoms with Crippen molar-refractivity contribution in [1.29, 1.82) is 0 Å². The third-order valence-electron chi connectivity index (χ3n) is 3.95. The average molecular weight is 374 g/mol. The van der Waals surface area contributed by atoms with Gasteiger partial charge in [-0.3, -0.25) is 4.79 Å². The minimum absolute atomic E-state index is 0.0634. The molecule has 0 spiro atoms. The summed E-state index contributed by atoms with van der Waals surface area (Å²) in [6, 6.07) is 7.28. The number of rotatable bonds is 5. The topological polar surface area (TPSA) is 64.1 Å². The van der Waals surface area contributed by atoms with Gasteiger partial charge < -0.3 is 10.1 Å². The van der Waals surface area contributed by atoms with Crippen LogP contribution in [0.15, 0.2) is 35.6 Å². The van der Waals surface area contributed by atoms with Crippen molar-refractivity contribution >= 4 is 44.9 Å². The van der Waals surface area contributed by atoms with Crippen LogP contribution in [0.25, 0.3) is 10.2 Å². The summed E-state index contributed by atoms with van der Waals surface area (Å²) >= 11 is 3.11. The molecule has 0 bridgehead atoms. The molecule has 25 heavy (non-hydrogen) atoms. The highest BCUT2D eigenvalue weighted by Crippen LogP contribution is 2.36. The minimum atomic E-state index is -0.278. The molecule has 1 unspecified atom stereocenters. The molecule has 1 aromatic carbocycles. The minimum Gasteiger partial charge on any atom is -0.497 e. The summed E-state index contributed by atoms with van der Waals surface area (Å²) in [5.74, 6) is 0.693. The van der Waals surface area contributed by atoms with Gasteiger partial charge in [-0.05, 0) is 50.6 Å². The number of nitrogens with one attached hydrogen (secondary N) is 1. The van der Waals surface area contributed by atoms with E-state index in [-0.39, 0.29) is 11.2 Å². The standard InChI is InChI=1S/C18H19N3O2S2/c1-10-11(2)24-17-15(10)18(20-9-19-17)25-12(3)16(22)21-13-5-7-14(23-4)8-6-13/h5-9,12H,1-4H3,(H,21,22). The van der Waals surface area contributed by atoms with E-state index in [2.05, 4.69) is 29.1 Å². The molecule has 0 saturated heterocycles. The Hall–Kier alpha value is -2.12. The van der Waals surface area contributed by atoms with E-state index in [9.17, 15) is 4.79 Å². The van der Waals surface area contributed by atoms with Crippen molar-refractivity contribution in [1.82, 2.24) is 9.97 Å². The first-order valence-electron chi connectivity index (χ1n) is 7.82. The van der Waals surface area contributed by atoms with Gasteiger partial charge in [0, 0.05) is 16.0 Å². The number of amides is 1. The molecule has 7 heteroatoms. The van der Waals surface area contributed by atoms with Gasteiger partial charge in [0.15, 0.2) is 0 Å². The highest BCUT2D eigenvalue weighted by atomic mass is 32.2. The zero-order chi connectivity index (χ0) is 18.0. The van der Waals surface area contributed by atoms with Crippen molar-refractivity contribution in [3.63, 3.8) is 0 Å². The molecule has 130 valence electrons. The fourth-order valence-electron chi connectivity index (χ4n) is 2.38. The zero-order valence-electron chi connectivity index (χ0n) is 14.5. The fraction of sp³-hybridized carbons (Fsp3) is 0.278. The maximum absolute atomic E-state index is 12.5. The molecule has 3 rings (SSSR count). The Morgan fingerprint density at radius 3 is 2.64 bits per heavy atom. The highest BCUT2D eigenvalue weighted by molar-refractivity contribution is 8.00. The van der Waals surface area contributed by atoms with Crippen LogP contribution in [0.1, 0.15) is 17.4 Å². The first kappa shape index (κ1) is 17.7. The number of fused-ring (bicyclic) bond motifs is 1. The molecule has 0 aliphatic heterocycles. The lowest BCUT2D eigenvalue weighted by atomic mass is 10.2. The summed E-state index contributed by atoms with van der Waals surface area (Å²) in [7, 11) is 1.61. The predicted molar refractivity (Wildman–Crippen MR) is 104 cm³/mol. The molecular formula is C18H19N3O2S2. The molecule has 0 aliphatic carbocycles. The van der Waals surface area contributed by atoms with Gasteiger partial charge in [-0.2, -0.15) is 0 Å². The number of aromatic nitrogens is 2. The van der Waals surface area contributed by atoms with E-state index >= 15 is 0 Å². The third kappa shape index (κ3) is 3.77. The first-order valence-corrected chi connectivity index (χ1v) is 9.51. The molecule has 2 aromatic heterocycles. The van der Waals surface area contributed by atoms with Gasteiger partial charge in [-0.25, -0.2) is 9.97 Å². The number of thiophene rings is 1. The van der Waals surface area contributed by atoms with E-state index in [0.717, 1.165) is 26.7 Å². The Morgan fingerprint density at radius 1 is 1.24 bits per heavy atom. The summed E-state index contributed by atoms with van der Waals surface area (Å²) in [5, 5.41) is 4.55. The van der Waals surface area contributed by atoms with Crippen LogP contribution in [0.2, 0.25) is 0 Å². The monoisotopic (exact) mass is 373 g/mol. The van der Waals surface area contributed by atoms with E-state index < -0.39 is 0 Å². The Kier molecular flexibility index (Phi) is 5.24. The largest absolute Gasteiger partial charge is 0.497 e. The predicted octanol–water partition coefficient (Wildman–Crippen LogP) is 4.44. The lowest BCUT2D eigenvalue weighted by molar-refractivity contribution is -0.115. The van der Waals surface area contributed by atoms with Crippen molar-refractivity contribution in [2.75, 3.05) is 12.4 Å². The number of thioether (sulfide) groups is 1. The van der Waals surface area contributed by atoms with Crippen molar-refractivity contribution in [2.24, 2.45) is 0 Å². The van der Waals surface area contributed by atoms with Crippen LogP contribution < -0.4 is 10.1 Å².